The summed E-state index contributed by atoms with van der Waals surface area (Å²) in [7, 11) is 2.00. The zero-order valence-electron chi connectivity index (χ0n) is 12.4. The molecule has 1 heterocycles. The number of carbonyl (C=O) groups excluding carboxylic acids is 1. The van der Waals surface area contributed by atoms with Gasteiger partial charge in [0.05, 0.1) is 0 Å². The molecule has 1 aliphatic heterocycles. The number of hydrogen-bond donors (Lipinski definition) is 2. The molecule has 0 aliphatic carbocycles. The summed E-state index contributed by atoms with van der Waals surface area (Å²) < 4.78 is 0. The van der Waals surface area contributed by atoms with Gasteiger partial charge in [-0.15, -0.1) is 0 Å². The van der Waals surface area contributed by atoms with Crippen molar-refractivity contribution in [2.45, 2.75) is 31.8 Å². The smallest absolute Gasteiger partial charge is 0.242 e. The number of nitrogens with one attached hydrogen (secondary N) is 2. The van der Waals surface area contributed by atoms with Crippen molar-refractivity contribution in [2.24, 2.45) is 0 Å². The second-order valence-electron chi connectivity index (χ2n) is 5.44. The molecule has 0 aromatic heterocycles. The van der Waals surface area contributed by atoms with Crippen LogP contribution in [0.4, 0.5) is 0 Å². The third kappa shape index (κ3) is 3.81. The fraction of sp³-hybridized carbons (Fsp3) is 0.562. The van der Waals surface area contributed by atoms with Crippen LogP contribution in [0.5, 0.6) is 0 Å². The van der Waals surface area contributed by atoms with Crippen molar-refractivity contribution in [1.82, 2.24) is 15.5 Å². The van der Waals surface area contributed by atoms with E-state index in [2.05, 4.69) is 22.5 Å². The Balaban J connectivity index is 2.08. The van der Waals surface area contributed by atoms with Crippen molar-refractivity contribution in [1.29, 1.82) is 0 Å². The van der Waals surface area contributed by atoms with Crippen LogP contribution < -0.4 is 10.6 Å². The van der Waals surface area contributed by atoms with Gasteiger partial charge in [0.2, 0.25) is 5.91 Å². The molecule has 1 aromatic rings. The fourth-order valence-electron chi connectivity index (χ4n) is 2.68. The van der Waals surface area contributed by atoms with Crippen LogP contribution in [-0.4, -0.2) is 43.5 Å². The lowest BCUT2D eigenvalue weighted by Gasteiger charge is -2.30. The Labute approximate surface area is 121 Å². The van der Waals surface area contributed by atoms with Gasteiger partial charge in [-0.25, -0.2) is 0 Å². The van der Waals surface area contributed by atoms with Crippen molar-refractivity contribution in [3.63, 3.8) is 0 Å². The molecule has 4 nitrogen and oxygen atoms in total. The molecule has 0 saturated carbocycles. The van der Waals surface area contributed by atoms with Gasteiger partial charge in [-0.3, -0.25) is 9.69 Å². The van der Waals surface area contributed by atoms with Gasteiger partial charge < -0.3 is 10.6 Å². The molecule has 20 heavy (non-hydrogen) atoms. The molecule has 4 heteroatoms. The monoisotopic (exact) mass is 275 g/mol. The van der Waals surface area contributed by atoms with Gasteiger partial charge in [0.1, 0.15) is 6.04 Å². The van der Waals surface area contributed by atoms with Crippen molar-refractivity contribution < 1.29 is 4.79 Å². The highest BCUT2D eigenvalue weighted by atomic mass is 16.2. The molecule has 2 atom stereocenters. The van der Waals surface area contributed by atoms with Crippen LogP contribution in [0.1, 0.15) is 31.4 Å². The summed E-state index contributed by atoms with van der Waals surface area (Å²) >= 11 is 0. The molecule has 1 aromatic carbocycles. The summed E-state index contributed by atoms with van der Waals surface area (Å²) in [4.78, 5) is 14.7. The lowest BCUT2D eigenvalue weighted by atomic mass is 10.0. The quantitative estimate of drug-likeness (QED) is 0.857. The predicted octanol–water partition coefficient (Wildman–Crippen LogP) is 1.55. The molecule has 0 radical (unpaired) electrons. The van der Waals surface area contributed by atoms with Gasteiger partial charge in [0.15, 0.2) is 0 Å². The molecule has 1 aliphatic rings. The first-order valence-electron chi connectivity index (χ1n) is 7.48. The Morgan fingerprint density at radius 1 is 1.45 bits per heavy atom. The molecule has 2 N–H and O–H groups in total. The summed E-state index contributed by atoms with van der Waals surface area (Å²) in [5.74, 6) is 0.106. The van der Waals surface area contributed by atoms with Crippen LogP contribution in [0.15, 0.2) is 30.3 Å². The molecule has 1 fully saturated rings. The molecular weight excluding hydrogens is 250 g/mol. The van der Waals surface area contributed by atoms with E-state index in [1.807, 2.05) is 37.4 Å². The first-order valence-corrected chi connectivity index (χ1v) is 7.48. The normalized spacial score (nSPS) is 20.6. The van der Waals surface area contributed by atoms with Crippen molar-refractivity contribution in [3.05, 3.63) is 35.9 Å². The average Bonchev–Trinajstić information content (AvgIpc) is 2.49. The van der Waals surface area contributed by atoms with Gasteiger partial charge in [-0.05, 0) is 38.5 Å². The largest absolute Gasteiger partial charge is 0.350 e. The molecule has 110 valence electrons. The van der Waals surface area contributed by atoms with Crippen LogP contribution >= 0.6 is 0 Å². The Morgan fingerprint density at radius 3 is 2.80 bits per heavy atom. The first kappa shape index (κ1) is 15.0. The van der Waals surface area contributed by atoms with Gasteiger partial charge in [0, 0.05) is 12.6 Å². The maximum atomic E-state index is 12.6. The second-order valence-corrected chi connectivity index (χ2v) is 5.44. The first-order chi connectivity index (χ1) is 9.72. The fourth-order valence-corrected chi connectivity index (χ4v) is 2.68. The zero-order chi connectivity index (χ0) is 14.4. The van der Waals surface area contributed by atoms with E-state index in [9.17, 15) is 4.79 Å². The Bertz CT molecular complexity index is 415. The minimum Gasteiger partial charge on any atom is -0.350 e. The van der Waals surface area contributed by atoms with Crippen molar-refractivity contribution in [3.8, 4) is 0 Å². The van der Waals surface area contributed by atoms with E-state index in [0.717, 1.165) is 38.0 Å². The maximum Gasteiger partial charge on any atom is 0.242 e. The number of piperidine rings is 1. The lowest BCUT2D eigenvalue weighted by Crippen LogP contribution is -2.49. The highest BCUT2D eigenvalue weighted by molar-refractivity contribution is 5.83. The van der Waals surface area contributed by atoms with E-state index in [0.29, 0.717) is 0 Å². The average molecular weight is 275 g/mol. The molecule has 0 spiro atoms. The minimum atomic E-state index is -0.205. The van der Waals surface area contributed by atoms with Crippen LogP contribution in [0, 0.1) is 0 Å². The van der Waals surface area contributed by atoms with E-state index in [1.165, 1.54) is 0 Å². The SMILES string of the molecule is CCN(C)C(C(=O)N[C@H]1CCCNC1)c1ccccc1. The summed E-state index contributed by atoms with van der Waals surface area (Å²) in [5.41, 5.74) is 1.05. The predicted molar refractivity (Wildman–Crippen MR) is 81.5 cm³/mol. The standard InChI is InChI=1S/C16H25N3O/c1-3-19(2)15(13-8-5-4-6-9-13)16(20)18-14-10-7-11-17-12-14/h4-6,8-9,14-15,17H,3,7,10-12H2,1-2H3,(H,18,20)/t14-,15?/m0/s1. The molecular formula is C16H25N3O. The van der Waals surface area contributed by atoms with Crippen LogP contribution in [0.3, 0.4) is 0 Å². The summed E-state index contributed by atoms with van der Waals surface area (Å²) in [6.45, 7) is 4.85. The second kappa shape index (κ2) is 7.41. The number of amides is 1. The highest BCUT2D eigenvalue weighted by Crippen LogP contribution is 2.19. The minimum absolute atomic E-state index is 0.106. The number of benzene rings is 1. The molecule has 1 saturated heterocycles. The van der Waals surface area contributed by atoms with Gasteiger partial charge in [-0.2, -0.15) is 0 Å². The molecule has 1 amide bonds. The van der Waals surface area contributed by atoms with Crippen LogP contribution in [0.2, 0.25) is 0 Å². The number of nitrogens with zero attached hydrogens (tertiary/aromatic N) is 1. The maximum absolute atomic E-state index is 12.6. The third-order valence-corrected chi connectivity index (χ3v) is 3.95. The Kier molecular flexibility index (Phi) is 5.56. The molecule has 0 bridgehead atoms. The Hall–Kier alpha value is -1.39. The number of hydrogen-bond acceptors (Lipinski definition) is 3. The molecule has 2 rings (SSSR count). The van der Waals surface area contributed by atoms with Gasteiger partial charge in [-0.1, -0.05) is 37.3 Å². The summed E-state index contributed by atoms with van der Waals surface area (Å²) in [5, 5.41) is 6.52. The number of carbonyl (C=O) groups is 1. The topological polar surface area (TPSA) is 44.4 Å². The number of rotatable bonds is 5. The third-order valence-electron chi connectivity index (χ3n) is 3.95. The van der Waals surface area contributed by atoms with Crippen LogP contribution in [0.25, 0.3) is 0 Å². The zero-order valence-corrected chi connectivity index (χ0v) is 12.4. The van der Waals surface area contributed by atoms with E-state index < -0.39 is 0 Å². The number of likely N-dealkylation sites (N-methyl/N-ethyl adjacent to an activating group) is 1. The summed E-state index contributed by atoms with van der Waals surface area (Å²) in [6, 6.07) is 10.1. The van der Waals surface area contributed by atoms with Gasteiger partial charge >= 0.3 is 0 Å². The van der Waals surface area contributed by atoms with Crippen LogP contribution in [-0.2, 0) is 4.79 Å². The van der Waals surface area contributed by atoms with E-state index in [4.69, 9.17) is 0 Å². The van der Waals surface area contributed by atoms with Gasteiger partial charge in [0.25, 0.3) is 0 Å². The van der Waals surface area contributed by atoms with Crippen molar-refractivity contribution >= 4 is 5.91 Å². The van der Waals surface area contributed by atoms with E-state index in [1.54, 1.807) is 0 Å². The van der Waals surface area contributed by atoms with Crippen molar-refractivity contribution in [2.75, 3.05) is 26.7 Å². The van der Waals surface area contributed by atoms with E-state index in [-0.39, 0.29) is 18.0 Å². The van der Waals surface area contributed by atoms with E-state index >= 15 is 0 Å². The highest BCUT2D eigenvalue weighted by Gasteiger charge is 2.26. The molecule has 1 unspecified atom stereocenters. The Morgan fingerprint density at radius 2 is 2.20 bits per heavy atom. The lowest BCUT2D eigenvalue weighted by molar-refractivity contribution is -0.127. The summed E-state index contributed by atoms with van der Waals surface area (Å²) in [6.07, 6.45) is 2.20.